The van der Waals surface area contributed by atoms with E-state index >= 15 is 0 Å². The maximum Gasteiger partial charge on any atom is 0.239 e. The van der Waals surface area contributed by atoms with Gasteiger partial charge in [0, 0.05) is 25.5 Å². The summed E-state index contributed by atoms with van der Waals surface area (Å²) in [5.41, 5.74) is 6.20. The smallest absolute Gasteiger partial charge is 0.239 e. The Hall–Kier alpha value is -2.24. The van der Waals surface area contributed by atoms with Crippen LogP contribution in [0.4, 0.5) is 11.5 Å². The lowest BCUT2D eigenvalue weighted by Gasteiger charge is -2.29. The molecule has 3 rings (SSSR count). The number of ether oxygens (including phenoxy) is 1. The number of hydrogen-bond donors (Lipinski definition) is 1. The van der Waals surface area contributed by atoms with Gasteiger partial charge >= 0.3 is 0 Å². The van der Waals surface area contributed by atoms with Crippen molar-refractivity contribution < 1.29 is 4.74 Å². The summed E-state index contributed by atoms with van der Waals surface area (Å²) in [6.07, 6.45) is 3.85. The van der Waals surface area contributed by atoms with Crippen molar-refractivity contribution in [1.82, 2.24) is 14.5 Å². The summed E-state index contributed by atoms with van der Waals surface area (Å²) in [7, 11) is 0. The molecule has 0 fully saturated rings. The van der Waals surface area contributed by atoms with Crippen LogP contribution in [0.15, 0.2) is 24.5 Å². The zero-order valence-electron chi connectivity index (χ0n) is 12.7. The SMILES string of the molecule is CC(C)(C)Oc1nc(N2CCn3ccnc3C2)ccc1N. The van der Waals surface area contributed by atoms with Crippen LogP contribution in [-0.2, 0) is 13.1 Å². The number of rotatable bonds is 2. The number of nitrogens with two attached hydrogens (primary N) is 1. The first-order chi connectivity index (χ1) is 9.92. The molecule has 6 heteroatoms. The molecule has 21 heavy (non-hydrogen) atoms. The van der Waals surface area contributed by atoms with Crippen molar-refractivity contribution in [2.45, 2.75) is 39.5 Å². The van der Waals surface area contributed by atoms with Gasteiger partial charge in [-0.15, -0.1) is 0 Å². The summed E-state index contributed by atoms with van der Waals surface area (Å²) in [4.78, 5) is 11.1. The average molecular weight is 287 g/mol. The quantitative estimate of drug-likeness (QED) is 0.915. The van der Waals surface area contributed by atoms with E-state index in [0.29, 0.717) is 11.6 Å². The van der Waals surface area contributed by atoms with Crippen LogP contribution in [-0.4, -0.2) is 26.7 Å². The minimum Gasteiger partial charge on any atom is -0.470 e. The fraction of sp³-hybridized carbons (Fsp3) is 0.467. The van der Waals surface area contributed by atoms with Crippen LogP contribution in [0, 0.1) is 0 Å². The molecule has 0 bridgehead atoms. The minimum absolute atomic E-state index is 0.322. The summed E-state index contributed by atoms with van der Waals surface area (Å²) in [5.74, 6) is 2.42. The monoisotopic (exact) mass is 287 g/mol. The van der Waals surface area contributed by atoms with Gasteiger partial charge in [-0.3, -0.25) is 0 Å². The number of pyridine rings is 1. The van der Waals surface area contributed by atoms with Crippen LogP contribution >= 0.6 is 0 Å². The number of imidazole rings is 1. The number of nitrogen functional groups attached to an aromatic ring is 1. The van der Waals surface area contributed by atoms with Gasteiger partial charge in [-0.05, 0) is 32.9 Å². The normalized spacial score (nSPS) is 14.9. The van der Waals surface area contributed by atoms with Crippen molar-refractivity contribution in [3.8, 4) is 5.88 Å². The van der Waals surface area contributed by atoms with Crippen LogP contribution in [0.2, 0.25) is 0 Å². The Morgan fingerprint density at radius 1 is 1.24 bits per heavy atom. The largest absolute Gasteiger partial charge is 0.470 e. The van der Waals surface area contributed by atoms with Gasteiger partial charge in [0.2, 0.25) is 5.88 Å². The van der Waals surface area contributed by atoms with Crippen molar-refractivity contribution in [1.29, 1.82) is 0 Å². The van der Waals surface area contributed by atoms with Gasteiger partial charge in [0.05, 0.1) is 12.2 Å². The van der Waals surface area contributed by atoms with Crippen molar-refractivity contribution in [2.75, 3.05) is 17.2 Å². The highest BCUT2D eigenvalue weighted by molar-refractivity contribution is 5.55. The molecule has 0 aromatic carbocycles. The minimum atomic E-state index is -0.322. The molecule has 0 saturated carbocycles. The van der Waals surface area contributed by atoms with Gasteiger partial charge in [0.1, 0.15) is 17.2 Å². The number of hydrogen-bond acceptors (Lipinski definition) is 5. The molecule has 0 unspecified atom stereocenters. The van der Waals surface area contributed by atoms with Crippen LogP contribution < -0.4 is 15.4 Å². The highest BCUT2D eigenvalue weighted by Crippen LogP contribution is 2.27. The molecule has 0 saturated heterocycles. The van der Waals surface area contributed by atoms with Crippen molar-refractivity contribution in [3.63, 3.8) is 0 Å². The molecule has 3 heterocycles. The zero-order valence-corrected chi connectivity index (χ0v) is 12.7. The van der Waals surface area contributed by atoms with E-state index in [1.165, 1.54) is 0 Å². The summed E-state index contributed by atoms with van der Waals surface area (Å²) < 4.78 is 8.00. The number of nitrogens with zero attached hydrogens (tertiary/aromatic N) is 4. The number of anilines is 2. The third-order valence-corrected chi connectivity index (χ3v) is 3.35. The number of fused-ring (bicyclic) bond motifs is 1. The Kier molecular flexibility index (Phi) is 3.23. The topological polar surface area (TPSA) is 69.2 Å². The molecule has 112 valence electrons. The van der Waals surface area contributed by atoms with Crippen molar-refractivity contribution >= 4 is 11.5 Å². The lowest BCUT2D eigenvalue weighted by molar-refractivity contribution is 0.125. The van der Waals surface area contributed by atoms with Gasteiger partial charge in [0.15, 0.2) is 0 Å². The predicted molar refractivity (Wildman–Crippen MR) is 82.3 cm³/mol. The summed E-state index contributed by atoms with van der Waals surface area (Å²) in [6, 6.07) is 3.79. The van der Waals surface area contributed by atoms with Gasteiger partial charge in [-0.2, -0.15) is 4.98 Å². The standard InChI is InChI=1S/C15H21N5O/c1-15(2,3)21-14-11(16)4-5-12(18-14)20-9-8-19-7-6-17-13(19)10-20/h4-7H,8-10,16H2,1-3H3. The molecule has 0 amide bonds. The Labute approximate surface area is 124 Å². The lowest BCUT2D eigenvalue weighted by atomic mass is 10.2. The van der Waals surface area contributed by atoms with Gasteiger partial charge in [-0.1, -0.05) is 0 Å². The maximum absolute atomic E-state index is 5.96. The van der Waals surface area contributed by atoms with E-state index < -0.39 is 0 Å². The predicted octanol–water partition coefficient (Wildman–Crippen LogP) is 2.06. The van der Waals surface area contributed by atoms with Gasteiger partial charge < -0.3 is 19.9 Å². The Morgan fingerprint density at radius 2 is 2.05 bits per heavy atom. The summed E-state index contributed by atoms with van der Waals surface area (Å²) in [5, 5.41) is 0. The van der Waals surface area contributed by atoms with Crippen LogP contribution in [0.25, 0.3) is 0 Å². The molecule has 2 N–H and O–H groups in total. The first kappa shape index (κ1) is 13.7. The van der Waals surface area contributed by atoms with Crippen LogP contribution in [0.5, 0.6) is 5.88 Å². The van der Waals surface area contributed by atoms with Crippen molar-refractivity contribution in [2.24, 2.45) is 0 Å². The number of aromatic nitrogens is 3. The van der Waals surface area contributed by atoms with E-state index in [-0.39, 0.29) is 5.60 Å². The second-order valence-electron chi connectivity index (χ2n) is 6.24. The molecule has 1 aliphatic heterocycles. The van der Waals surface area contributed by atoms with E-state index in [2.05, 4.69) is 19.4 Å². The van der Waals surface area contributed by atoms with Gasteiger partial charge in [0.25, 0.3) is 0 Å². The molecular weight excluding hydrogens is 266 g/mol. The second kappa shape index (κ2) is 4.95. The Bertz CT molecular complexity index is 644. The van der Waals surface area contributed by atoms with Gasteiger partial charge in [-0.25, -0.2) is 4.98 Å². The fourth-order valence-electron chi connectivity index (χ4n) is 2.36. The third kappa shape index (κ3) is 2.94. The highest BCUT2D eigenvalue weighted by atomic mass is 16.5. The fourth-order valence-corrected chi connectivity index (χ4v) is 2.36. The maximum atomic E-state index is 5.96. The van der Waals surface area contributed by atoms with E-state index in [0.717, 1.165) is 31.3 Å². The Balaban J connectivity index is 1.85. The molecular formula is C15H21N5O. The van der Waals surface area contributed by atoms with E-state index in [4.69, 9.17) is 10.5 Å². The first-order valence-corrected chi connectivity index (χ1v) is 7.13. The molecule has 0 radical (unpaired) electrons. The molecule has 2 aromatic rings. The van der Waals surface area contributed by atoms with Crippen molar-refractivity contribution in [3.05, 3.63) is 30.4 Å². The molecule has 0 aliphatic carbocycles. The molecule has 2 aromatic heterocycles. The molecule has 0 spiro atoms. The molecule has 1 aliphatic rings. The molecule has 0 atom stereocenters. The average Bonchev–Trinajstić information content (AvgIpc) is 2.87. The molecule has 6 nitrogen and oxygen atoms in total. The van der Waals surface area contributed by atoms with E-state index in [9.17, 15) is 0 Å². The summed E-state index contributed by atoms with van der Waals surface area (Å²) >= 11 is 0. The van der Waals surface area contributed by atoms with E-state index in [1.807, 2.05) is 45.3 Å². The van der Waals surface area contributed by atoms with Crippen LogP contribution in [0.3, 0.4) is 0 Å². The third-order valence-electron chi connectivity index (χ3n) is 3.35. The zero-order chi connectivity index (χ0) is 15.0. The Morgan fingerprint density at radius 3 is 2.81 bits per heavy atom. The second-order valence-corrected chi connectivity index (χ2v) is 6.24. The lowest BCUT2D eigenvalue weighted by Crippen LogP contribution is -2.34. The highest BCUT2D eigenvalue weighted by Gasteiger charge is 2.20. The summed E-state index contributed by atoms with van der Waals surface area (Å²) in [6.45, 7) is 8.51. The van der Waals surface area contributed by atoms with Crippen LogP contribution in [0.1, 0.15) is 26.6 Å². The first-order valence-electron chi connectivity index (χ1n) is 7.13. The van der Waals surface area contributed by atoms with E-state index in [1.54, 1.807) is 0 Å².